The number of piperidine rings is 1. The van der Waals surface area contributed by atoms with E-state index in [4.69, 9.17) is 9.47 Å². The number of likely N-dealkylation sites (tertiary alicyclic amines) is 1. The molecule has 0 aromatic carbocycles. The molecule has 0 bridgehead atoms. The van der Waals surface area contributed by atoms with Crippen LogP contribution < -0.4 is 0 Å². The van der Waals surface area contributed by atoms with Gasteiger partial charge in [0.2, 0.25) is 0 Å². The molecule has 1 aliphatic heterocycles. The van der Waals surface area contributed by atoms with Crippen molar-refractivity contribution < 1.29 is 19.1 Å². The molecule has 1 aliphatic carbocycles. The SMILES string of the molecule is CCOC(=O)[C@@H]1C[C@H]2C[C@@H](CCCc3nn[nH]n3)CC[C@H]2CN1C(=O)OC. The third kappa shape index (κ3) is 4.75. The number of aromatic nitrogens is 4. The number of H-pyrrole nitrogens is 1. The average molecular weight is 379 g/mol. The third-order valence-corrected chi connectivity index (χ3v) is 5.95. The summed E-state index contributed by atoms with van der Waals surface area (Å²) in [5.41, 5.74) is 0. The van der Waals surface area contributed by atoms with Crippen molar-refractivity contribution in [2.75, 3.05) is 20.3 Å². The zero-order valence-corrected chi connectivity index (χ0v) is 16.1. The molecular formula is C18H29N5O4. The van der Waals surface area contributed by atoms with Gasteiger partial charge in [-0.15, -0.1) is 10.2 Å². The zero-order chi connectivity index (χ0) is 19.2. The van der Waals surface area contributed by atoms with Gasteiger partial charge in [-0.1, -0.05) is 18.1 Å². The summed E-state index contributed by atoms with van der Waals surface area (Å²) in [4.78, 5) is 26.1. The number of aryl methyl sites for hydroxylation is 1. The second kappa shape index (κ2) is 9.14. The van der Waals surface area contributed by atoms with E-state index in [-0.39, 0.29) is 5.97 Å². The Morgan fingerprint density at radius 3 is 2.81 bits per heavy atom. The van der Waals surface area contributed by atoms with Gasteiger partial charge in [0.1, 0.15) is 6.04 Å². The van der Waals surface area contributed by atoms with Gasteiger partial charge >= 0.3 is 12.1 Å². The summed E-state index contributed by atoms with van der Waals surface area (Å²) >= 11 is 0. The summed E-state index contributed by atoms with van der Waals surface area (Å²) < 4.78 is 10.1. The van der Waals surface area contributed by atoms with Gasteiger partial charge in [-0.2, -0.15) is 5.21 Å². The van der Waals surface area contributed by atoms with Gasteiger partial charge in [-0.3, -0.25) is 4.90 Å². The summed E-state index contributed by atoms with van der Waals surface area (Å²) in [7, 11) is 1.36. The number of rotatable bonds is 6. The Hall–Kier alpha value is -2.19. The van der Waals surface area contributed by atoms with Crippen LogP contribution in [0.15, 0.2) is 0 Å². The Balaban J connectivity index is 1.56. The molecule has 0 spiro atoms. The van der Waals surface area contributed by atoms with Gasteiger partial charge in [-0.25, -0.2) is 9.59 Å². The van der Waals surface area contributed by atoms with Gasteiger partial charge in [0, 0.05) is 13.0 Å². The first-order valence-electron chi connectivity index (χ1n) is 9.85. The molecule has 1 saturated carbocycles. The molecule has 0 radical (unpaired) electrons. The number of ether oxygens (including phenoxy) is 2. The summed E-state index contributed by atoms with van der Waals surface area (Å²) in [6, 6.07) is -0.531. The molecule has 1 aromatic rings. The number of tetrazole rings is 1. The Morgan fingerprint density at radius 1 is 1.26 bits per heavy atom. The number of hydrogen-bond donors (Lipinski definition) is 1. The zero-order valence-electron chi connectivity index (χ0n) is 16.1. The fraction of sp³-hybridized carbons (Fsp3) is 0.833. The molecule has 27 heavy (non-hydrogen) atoms. The quantitative estimate of drug-likeness (QED) is 0.752. The molecule has 9 heteroatoms. The first kappa shape index (κ1) is 19.6. The third-order valence-electron chi connectivity index (χ3n) is 5.95. The monoisotopic (exact) mass is 379 g/mol. The van der Waals surface area contributed by atoms with Gasteiger partial charge in [0.25, 0.3) is 0 Å². The summed E-state index contributed by atoms with van der Waals surface area (Å²) in [6.45, 7) is 2.68. The molecule has 2 fully saturated rings. The van der Waals surface area contributed by atoms with E-state index in [9.17, 15) is 9.59 Å². The maximum Gasteiger partial charge on any atom is 0.410 e. The Morgan fingerprint density at radius 2 is 2.11 bits per heavy atom. The van der Waals surface area contributed by atoms with Crippen LogP contribution >= 0.6 is 0 Å². The van der Waals surface area contributed by atoms with E-state index in [0.29, 0.717) is 37.3 Å². The molecular weight excluding hydrogens is 350 g/mol. The molecule has 1 saturated heterocycles. The second-order valence-electron chi connectivity index (χ2n) is 7.55. The molecule has 1 amide bonds. The lowest BCUT2D eigenvalue weighted by atomic mass is 9.68. The maximum absolute atomic E-state index is 12.4. The molecule has 1 aromatic heterocycles. The predicted molar refractivity (Wildman–Crippen MR) is 95.6 cm³/mol. The van der Waals surface area contributed by atoms with Crippen LogP contribution in [0.25, 0.3) is 0 Å². The van der Waals surface area contributed by atoms with E-state index in [1.165, 1.54) is 7.11 Å². The van der Waals surface area contributed by atoms with Gasteiger partial charge in [-0.05, 0) is 50.4 Å². The number of carbonyl (C=O) groups excluding carboxylic acids is 2. The number of nitrogens with one attached hydrogen (secondary N) is 1. The van der Waals surface area contributed by atoms with Crippen molar-refractivity contribution in [3.05, 3.63) is 5.82 Å². The molecule has 3 rings (SSSR count). The van der Waals surface area contributed by atoms with E-state index < -0.39 is 12.1 Å². The van der Waals surface area contributed by atoms with E-state index in [0.717, 1.165) is 44.3 Å². The topological polar surface area (TPSA) is 110 Å². The van der Waals surface area contributed by atoms with Crippen LogP contribution in [-0.2, 0) is 20.7 Å². The van der Waals surface area contributed by atoms with Crippen LogP contribution in [0, 0.1) is 17.8 Å². The minimum absolute atomic E-state index is 0.317. The van der Waals surface area contributed by atoms with Crippen molar-refractivity contribution in [2.45, 2.75) is 57.9 Å². The number of methoxy groups -OCH3 is 1. The lowest BCUT2D eigenvalue weighted by Gasteiger charge is -2.46. The number of esters is 1. The average Bonchev–Trinajstić information content (AvgIpc) is 3.20. The van der Waals surface area contributed by atoms with Gasteiger partial charge in [0.15, 0.2) is 5.82 Å². The van der Waals surface area contributed by atoms with Crippen LogP contribution in [0.5, 0.6) is 0 Å². The number of hydrogen-bond acceptors (Lipinski definition) is 7. The van der Waals surface area contributed by atoms with Crippen LogP contribution in [0.1, 0.15) is 51.3 Å². The van der Waals surface area contributed by atoms with Crippen molar-refractivity contribution in [3.63, 3.8) is 0 Å². The summed E-state index contributed by atoms with van der Waals surface area (Å²) in [5.74, 6) is 1.97. The molecule has 4 atom stereocenters. The van der Waals surface area contributed by atoms with E-state index >= 15 is 0 Å². The largest absolute Gasteiger partial charge is 0.464 e. The molecule has 0 unspecified atom stereocenters. The number of aromatic amines is 1. The van der Waals surface area contributed by atoms with Crippen LogP contribution in [0.4, 0.5) is 4.79 Å². The highest BCUT2D eigenvalue weighted by Crippen LogP contribution is 2.42. The van der Waals surface area contributed by atoms with Crippen molar-refractivity contribution in [1.82, 2.24) is 25.5 Å². The highest BCUT2D eigenvalue weighted by molar-refractivity contribution is 5.81. The minimum Gasteiger partial charge on any atom is -0.464 e. The summed E-state index contributed by atoms with van der Waals surface area (Å²) in [5, 5.41) is 14.1. The molecule has 2 aliphatic rings. The number of carbonyl (C=O) groups is 2. The first-order chi connectivity index (χ1) is 13.1. The van der Waals surface area contributed by atoms with Crippen molar-refractivity contribution >= 4 is 12.1 Å². The first-order valence-corrected chi connectivity index (χ1v) is 9.85. The molecule has 2 heterocycles. The highest BCUT2D eigenvalue weighted by Gasteiger charge is 2.44. The lowest BCUT2D eigenvalue weighted by molar-refractivity contribution is -0.152. The molecule has 150 valence electrons. The van der Waals surface area contributed by atoms with Gasteiger partial charge < -0.3 is 9.47 Å². The molecule has 1 N–H and O–H groups in total. The minimum atomic E-state index is -0.531. The molecule has 9 nitrogen and oxygen atoms in total. The smallest absolute Gasteiger partial charge is 0.410 e. The van der Waals surface area contributed by atoms with Crippen LogP contribution in [0.2, 0.25) is 0 Å². The van der Waals surface area contributed by atoms with Crippen molar-refractivity contribution in [3.8, 4) is 0 Å². The number of amides is 1. The second-order valence-corrected chi connectivity index (χ2v) is 7.55. The fourth-order valence-electron chi connectivity index (χ4n) is 4.63. The normalized spacial score (nSPS) is 27.7. The van der Waals surface area contributed by atoms with Crippen molar-refractivity contribution in [2.24, 2.45) is 17.8 Å². The Bertz CT molecular complexity index is 623. The number of fused-ring (bicyclic) bond motifs is 1. The van der Waals surface area contributed by atoms with E-state index in [1.807, 2.05) is 0 Å². The van der Waals surface area contributed by atoms with Gasteiger partial charge in [0.05, 0.1) is 13.7 Å². The van der Waals surface area contributed by atoms with Crippen LogP contribution in [-0.4, -0.2) is 63.9 Å². The Labute approximate surface area is 159 Å². The predicted octanol–water partition coefficient (Wildman–Crippen LogP) is 1.96. The van der Waals surface area contributed by atoms with Crippen LogP contribution in [0.3, 0.4) is 0 Å². The van der Waals surface area contributed by atoms with E-state index in [2.05, 4.69) is 20.6 Å². The lowest BCUT2D eigenvalue weighted by Crippen LogP contribution is -2.55. The Kier molecular flexibility index (Phi) is 6.63. The standard InChI is InChI=1S/C18H29N5O4/c1-3-27-17(24)15-10-14-9-12(5-4-6-16-19-21-22-20-16)7-8-13(14)11-23(15)18(25)26-2/h12-15H,3-11H2,1-2H3,(H,19,20,21,22)/t12-,13-,14+,15-/m0/s1. The highest BCUT2D eigenvalue weighted by atomic mass is 16.6. The summed E-state index contributed by atoms with van der Waals surface area (Å²) in [6.07, 6.45) is 6.57. The maximum atomic E-state index is 12.4. The van der Waals surface area contributed by atoms with E-state index in [1.54, 1.807) is 11.8 Å². The van der Waals surface area contributed by atoms with Crippen molar-refractivity contribution in [1.29, 1.82) is 0 Å². The fourth-order valence-corrected chi connectivity index (χ4v) is 4.63. The number of nitrogens with zero attached hydrogens (tertiary/aromatic N) is 4.